The van der Waals surface area contributed by atoms with E-state index in [1.54, 1.807) is 6.07 Å². The average Bonchev–Trinajstić information content (AvgIpc) is 2.94. The van der Waals surface area contributed by atoms with Crippen LogP contribution in [0.5, 0.6) is 23.0 Å². The Morgan fingerprint density at radius 1 is 0.926 bits per heavy atom. The summed E-state index contributed by atoms with van der Waals surface area (Å²) in [6.07, 6.45) is 0.560. The van der Waals surface area contributed by atoms with Gasteiger partial charge in [0.15, 0.2) is 11.5 Å². The molecule has 7 nitrogen and oxygen atoms in total. The number of hydrogen-bond acceptors (Lipinski definition) is 6. The Balaban J connectivity index is 1.81. The Morgan fingerprint density at radius 2 is 1.63 bits per heavy atom. The monoisotopic (exact) mass is 371 g/mol. The maximum atomic E-state index is 12.5. The van der Waals surface area contributed by atoms with Crippen molar-refractivity contribution in [2.45, 2.75) is 6.42 Å². The molecule has 7 heteroatoms. The number of amides is 1. The van der Waals surface area contributed by atoms with Crippen molar-refractivity contribution in [1.82, 2.24) is 0 Å². The second kappa shape index (κ2) is 7.99. The van der Waals surface area contributed by atoms with E-state index in [0.29, 0.717) is 31.0 Å². The molecule has 2 aromatic carbocycles. The van der Waals surface area contributed by atoms with E-state index in [-0.39, 0.29) is 17.1 Å². The lowest BCUT2D eigenvalue weighted by Crippen LogP contribution is -2.31. The van der Waals surface area contributed by atoms with E-state index in [0.717, 1.165) is 5.75 Å². The number of para-hydroxylation sites is 1. The van der Waals surface area contributed by atoms with Gasteiger partial charge in [-0.05, 0) is 18.6 Å². The van der Waals surface area contributed by atoms with Gasteiger partial charge in [-0.3, -0.25) is 9.59 Å². The van der Waals surface area contributed by atoms with Crippen LogP contribution in [0.25, 0.3) is 0 Å². The van der Waals surface area contributed by atoms with Crippen LogP contribution < -0.4 is 23.8 Å². The number of benzene rings is 2. The van der Waals surface area contributed by atoms with E-state index >= 15 is 0 Å². The number of Topliss-reactive ketones (excluding diaryl/α,β-unsaturated/α-hetero) is 1. The van der Waals surface area contributed by atoms with Gasteiger partial charge in [-0.2, -0.15) is 0 Å². The highest BCUT2D eigenvalue weighted by Crippen LogP contribution is 2.48. The highest BCUT2D eigenvalue weighted by atomic mass is 16.5. The van der Waals surface area contributed by atoms with Crippen LogP contribution in [0, 0.1) is 0 Å². The fraction of sp³-hybridized carbons (Fsp3) is 0.300. The normalized spacial score (nSPS) is 12.8. The van der Waals surface area contributed by atoms with Crippen molar-refractivity contribution in [2.75, 3.05) is 39.4 Å². The average molecular weight is 371 g/mol. The number of ketones is 1. The third kappa shape index (κ3) is 3.40. The van der Waals surface area contributed by atoms with Gasteiger partial charge in [0.2, 0.25) is 5.75 Å². The topological polar surface area (TPSA) is 74.3 Å². The zero-order valence-electron chi connectivity index (χ0n) is 15.5. The van der Waals surface area contributed by atoms with Crippen molar-refractivity contribution in [3.63, 3.8) is 0 Å². The van der Waals surface area contributed by atoms with Crippen LogP contribution in [-0.4, -0.2) is 46.2 Å². The van der Waals surface area contributed by atoms with Crippen molar-refractivity contribution in [3.8, 4) is 23.0 Å². The summed E-state index contributed by atoms with van der Waals surface area (Å²) in [5.74, 6) is 0.420. The Labute approximate surface area is 157 Å². The van der Waals surface area contributed by atoms with E-state index in [2.05, 4.69) is 0 Å². The second-order valence-corrected chi connectivity index (χ2v) is 5.84. The summed E-state index contributed by atoms with van der Waals surface area (Å²) in [6, 6.07) is 11.0. The predicted octanol–water partition coefficient (Wildman–Crippen LogP) is 2.71. The first-order valence-corrected chi connectivity index (χ1v) is 8.49. The standard InChI is InChI=1S/C20H21NO6/c1-24-15-12-14-16(19(26-3)18(15)25-2)17(22)20(23)21(14)10-7-11-27-13-8-5-4-6-9-13/h4-6,8-9,12H,7,10-11H2,1-3H3. The summed E-state index contributed by atoms with van der Waals surface area (Å²) in [5.41, 5.74) is 0.656. The number of hydrogen-bond donors (Lipinski definition) is 0. The summed E-state index contributed by atoms with van der Waals surface area (Å²) in [5, 5.41) is 0. The summed E-state index contributed by atoms with van der Waals surface area (Å²) >= 11 is 0. The molecule has 142 valence electrons. The number of fused-ring (bicyclic) bond motifs is 1. The van der Waals surface area contributed by atoms with Crippen molar-refractivity contribution < 1.29 is 28.5 Å². The van der Waals surface area contributed by atoms with E-state index in [9.17, 15) is 9.59 Å². The van der Waals surface area contributed by atoms with Crippen LogP contribution in [0.3, 0.4) is 0 Å². The van der Waals surface area contributed by atoms with Crippen molar-refractivity contribution in [3.05, 3.63) is 42.0 Å². The molecular formula is C20H21NO6. The fourth-order valence-electron chi connectivity index (χ4n) is 3.07. The second-order valence-electron chi connectivity index (χ2n) is 5.84. The van der Waals surface area contributed by atoms with Gasteiger partial charge in [-0.1, -0.05) is 18.2 Å². The number of ether oxygens (including phenoxy) is 4. The number of anilines is 1. The number of methoxy groups -OCH3 is 3. The molecule has 0 aromatic heterocycles. The van der Waals surface area contributed by atoms with Crippen LogP contribution in [0.15, 0.2) is 36.4 Å². The molecule has 0 unspecified atom stereocenters. The van der Waals surface area contributed by atoms with Crippen LogP contribution >= 0.6 is 0 Å². The molecule has 0 N–H and O–H groups in total. The summed E-state index contributed by atoms with van der Waals surface area (Å²) < 4.78 is 21.6. The zero-order chi connectivity index (χ0) is 19.4. The molecule has 0 aliphatic carbocycles. The Morgan fingerprint density at radius 3 is 2.26 bits per heavy atom. The molecule has 0 atom stereocenters. The number of rotatable bonds is 8. The number of nitrogens with zero attached hydrogens (tertiary/aromatic N) is 1. The van der Waals surface area contributed by atoms with E-state index in [1.165, 1.54) is 26.2 Å². The van der Waals surface area contributed by atoms with Gasteiger partial charge in [-0.15, -0.1) is 0 Å². The molecule has 0 spiro atoms. The summed E-state index contributed by atoms with van der Waals surface area (Å²) in [6.45, 7) is 0.755. The molecule has 0 saturated heterocycles. The highest BCUT2D eigenvalue weighted by molar-refractivity contribution is 6.53. The van der Waals surface area contributed by atoms with Crippen LogP contribution in [0.2, 0.25) is 0 Å². The minimum Gasteiger partial charge on any atom is -0.494 e. The fourth-order valence-corrected chi connectivity index (χ4v) is 3.07. The SMILES string of the molecule is COc1cc2c(c(OC)c1OC)C(=O)C(=O)N2CCCOc1ccccc1. The van der Waals surface area contributed by atoms with Gasteiger partial charge >= 0.3 is 0 Å². The van der Waals surface area contributed by atoms with Gasteiger partial charge < -0.3 is 23.8 Å². The lowest BCUT2D eigenvalue weighted by molar-refractivity contribution is -0.114. The van der Waals surface area contributed by atoms with Gasteiger partial charge in [0.1, 0.15) is 5.75 Å². The Kier molecular flexibility index (Phi) is 5.49. The quantitative estimate of drug-likeness (QED) is 0.525. The van der Waals surface area contributed by atoms with Gasteiger partial charge in [0.05, 0.1) is 39.2 Å². The Hall–Kier alpha value is -3.22. The first-order chi connectivity index (χ1) is 13.1. The molecule has 3 rings (SSSR count). The van der Waals surface area contributed by atoms with Crippen LogP contribution in [0.1, 0.15) is 16.8 Å². The minimum atomic E-state index is -0.619. The van der Waals surface area contributed by atoms with E-state index in [1.807, 2.05) is 30.3 Å². The lowest BCUT2D eigenvalue weighted by atomic mass is 10.1. The van der Waals surface area contributed by atoms with Crippen molar-refractivity contribution in [2.24, 2.45) is 0 Å². The largest absolute Gasteiger partial charge is 0.494 e. The van der Waals surface area contributed by atoms with Crippen molar-refractivity contribution in [1.29, 1.82) is 0 Å². The molecule has 0 saturated carbocycles. The predicted molar refractivity (Wildman–Crippen MR) is 99.3 cm³/mol. The maximum absolute atomic E-state index is 12.5. The molecule has 27 heavy (non-hydrogen) atoms. The smallest absolute Gasteiger partial charge is 0.299 e. The van der Waals surface area contributed by atoms with E-state index < -0.39 is 11.7 Å². The Bertz CT molecular complexity index is 849. The molecule has 1 amide bonds. The van der Waals surface area contributed by atoms with Crippen molar-refractivity contribution >= 4 is 17.4 Å². The maximum Gasteiger partial charge on any atom is 0.299 e. The van der Waals surface area contributed by atoms with E-state index in [4.69, 9.17) is 18.9 Å². The highest BCUT2D eigenvalue weighted by Gasteiger charge is 2.40. The van der Waals surface area contributed by atoms with Crippen LogP contribution in [0.4, 0.5) is 5.69 Å². The summed E-state index contributed by atoms with van der Waals surface area (Å²) in [4.78, 5) is 26.4. The lowest BCUT2D eigenvalue weighted by Gasteiger charge is -2.19. The molecule has 0 bridgehead atoms. The molecular weight excluding hydrogens is 350 g/mol. The first-order valence-electron chi connectivity index (χ1n) is 8.49. The molecule has 0 fully saturated rings. The molecule has 1 heterocycles. The van der Waals surface area contributed by atoms with Gasteiger partial charge in [-0.25, -0.2) is 0 Å². The first kappa shape index (κ1) is 18.6. The number of carbonyl (C=O) groups is 2. The van der Waals surface area contributed by atoms with Gasteiger partial charge in [0, 0.05) is 12.6 Å². The molecule has 1 aliphatic rings. The number of carbonyl (C=O) groups excluding carboxylic acids is 2. The summed E-state index contributed by atoms with van der Waals surface area (Å²) in [7, 11) is 4.36. The molecule has 0 radical (unpaired) electrons. The third-order valence-corrected chi connectivity index (χ3v) is 4.30. The molecule has 1 aliphatic heterocycles. The minimum absolute atomic E-state index is 0.198. The van der Waals surface area contributed by atoms with Gasteiger partial charge in [0.25, 0.3) is 11.7 Å². The molecule has 2 aromatic rings. The third-order valence-electron chi connectivity index (χ3n) is 4.30. The van der Waals surface area contributed by atoms with Crippen LogP contribution in [-0.2, 0) is 4.79 Å². The zero-order valence-corrected chi connectivity index (χ0v) is 15.5.